The average Bonchev–Trinajstić information content (AvgIpc) is 2.66. The van der Waals surface area contributed by atoms with Crippen LogP contribution in [0, 0.1) is 0 Å². The van der Waals surface area contributed by atoms with Crippen molar-refractivity contribution in [2.24, 2.45) is 0 Å². The summed E-state index contributed by atoms with van der Waals surface area (Å²) in [5, 5.41) is 1.88. The Morgan fingerprint density at radius 3 is 2.69 bits per heavy atom. The normalized spacial score (nSPS) is 10.4. The Morgan fingerprint density at radius 2 is 2.23 bits per heavy atom. The molecule has 0 unspecified atom stereocenters. The van der Waals surface area contributed by atoms with Gasteiger partial charge in [-0.05, 0) is 24.3 Å². The maximum absolute atomic E-state index is 11.4. The molecule has 0 saturated heterocycles. The minimum absolute atomic E-state index is 0.0644. The summed E-state index contributed by atoms with van der Waals surface area (Å²) in [6, 6.07) is 3.64. The molecule has 0 aromatic carbocycles. The molecular formula is C10H14O2S. The smallest absolute Gasteiger partial charge is 0.348 e. The molecule has 0 radical (unpaired) electrons. The standard InChI is InChI=1S/C10H14O2S/c1-3-8(4-2)12-10(11)9-6-5-7-13-9/h5-8H,3-4H2,1-2H3. The summed E-state index contributed by atoms with van der Waals surface area (Å²) in [6.07, 6.45) is 1.83. The van der Waals surface area contributed by atoms with Gasteiger partial charge in [0, 0.05) is 0 Å². The Hall–Kier alpha value is -0.830. The van der Waals surface area contributed by atoms with Gasteiger partial charge in [-0.25, -0.2) is 4.79 Å². The number of hydrogen-bond acceptors (Lipinski definition) is 3. The van der Waals surface area contributed by atoms with E-state index in [2.05, 4.69) is 0 Å². The average molecular weight is 198 g/mol. The van der Waals surface area contributed by atoms with Crippen LogP contribution in [0.15, 0.2) is 17.5 Å². The third kappa shape index (κ3) is 2.84. The topological polar surface area (TPSA) is 26.3 Å². The Labute approximate surface area is 82.5 Å². The number of esters is 1. The molecule has 0 saturated carbocycles. The second-order valence-electron chi connectivity index (χ2n) is 2.82. The van der Waals surface area contributed by atoms with Crippen LogP contribution in [0.2, 0.25) is 0 Å². The van der Waals surface area contributed by atoms with Crippen molar-refractivity contribution in [1.29, 1.82) is 0 Å². The lowest BCUT2D eigenvalue weighted by atomic mass is 10.2. The highest BCUT2D eigenvalue weighted by atomic mass is 32.1. The summed E-state index contributed by atoms with van der Waals surface area (Å²) in [6.45, 7) is 4.05. The fourth-order valence-corrected chi connectivity index (χ4v) is 1.66. The first-order valence-corrected chi connectivity index (χ1v) is 5.40. The second kappa shape index (κ2) is 5.02. The first-order valence-electron chi connectivity index (χ1n) is 4.52. The largest absolute Gasteiger partial charge is 0.458 e. The van der Waals surface area contributed by atoms with Gasteiger partial charge in [0.05, 0.1) is 0 Å². The van der Waals surface area contributed by atoms with Crippen molar-refractivity contribution in [3.8, 4) is 0 Å². The highest BCUT2D eigenvalue weighted by Gasteiger charge is 2.12. The van der Waals surface area contributed by atoms with Gasteiger partial charge < -0.3 is 4.74 Å². The van der Waals surface area contributed by atoms with E-state index in [1.807, 2.05) is 25.3 Å². The number of carbonyl (C=O) groups excluding carboxylic acids is 1. The van der Waals surface area contributed by atoms with E-state index in [1.54, 1.807) is 6.07 Å². The minimum Gasteiger partial charge on any atom is -0.458 e. The van der Waals surface area contributed by atoms with Crippen LogP contribution in [0.1, 0.15) is 36.4 Å². The van der Waals surface area contributed by atoms with Gasteiger partial charge in [0.1, 0.15) is 11.0 Å². The van der Waals surface area contributed by atoms with E-state index in [-0.39, 0.29) is 12.1 Å². The second-order valence-corrected chi connectivity index (χ2v) is 3.77. The predicted molar refractivity (Wildman–Crippen MR) is 54.1 cm³/mol. The monoisotopic (exact) mass is 198 g/mol. The summed E-state index contributed by atoms with van der Waals surface area (Å²) in [5.74, 6) is -0.191. The molecule has 2 nitrogen and oxygen atoms in total. The number of carbonyl (C=O) groups is 1. The van der Waals surface area contributed by atoms with Gasteiger partial charge in [-0.2, -0.15) is 0 Å². The molecule has 1 aromatic heterocycles. The third-order valence-corrected chi connectivity index (χ3v) is 2.76. The molecule has 72 valence electrons. The first-order chi connectivity index (χ1) is 6.27. The molecule has 0 atom stereocenters. The number of ether oxygens (including phenoxy) is 1. The fourth-order valence-electron chi connectivity index (χ4n) is 1.06. The summed E-state index contributed by atoms with van der Waals surface area (Å²) in [4.78, 5) is 12.1. The highest BCUT2D eigenvalue weighted by molar-refractivity contribution is 7.11. The van der Waals surface area contributed by atoms with Crippen molar-refractivity contribution in [2.45, 2.75) is 32.8 Å². The minimum atomic E-state index is -0.191. The van der Waals surface area contributed by atoms with Crippen LogP contribution in [-0.4, -0.2) is 12.1 Å². The zero-order valence-corrected chi connectivity index (χ0v) is 8.76. The van der Waals surface area contributed by atoms with Crippen LogP contribution in [0.25, 0.3) is 0 Å². The summed E-state index contributed by atoms with van der Waals surface area (Å²) >= 11 is 1.42. The van der Waals surface area contributed by atoms with Crippen LogP contribution in [0.3, 0.4) is 0 Å². The van der Waals surface area contributed by atoms with Gasteiger partial charge in [-0.15, -0.1) is 11.3 Å². The SMILES string of the molecule is CCC(CC)OC(=O)c1cccs1. The maximum Gasteiger partial charge on any atom is 0.348 e. The molecule has 0 amide bonds. The lowest BCUT2D eigenvalue weighted by Gasteiger charge is -2.12. The molecule has 3 heteroatoms. The lowest BCUT2D eigenvalue weighted by molar-refractivity contribution is 0.0290. The Balaban J connectivity index is 2.50. The fraction of sp³-hybridized carbons (Fsp3) is 0.500. The highest BCUT2D eigenvalue weighted by Crippen LogP contribution is 2.13. The summed E-state index contributed by atoms with van der Waals surface area (Å²) < 4.78 is 5.26. The van der Waals surface area contributed by atoms with E-state index in [1.165, 1.54) is 11.3 Å². The van der Waals surface area contributed by atoms with Crippen LogP contribution in [0.4, 0.5) is 0 Å². The molecule has 1 heterocycles. The van der Waals surface area contributed by atoms with Crippen LogP contribution >= 0.6 is 11.3 Å². The molecule has 0 spiro atoms. The molecule has 0 aliphatic rings. The Bertz CT molecular complexity index is 250. The van der Waals surface area contributed by atoms with E-state index < -0.39 is 0 Å². The van der Waals surface area contributed by atoms with Crippen LogP contribution < -0.4 is 0 Å². The zero-order valence-electron chi connectivity index (χ0n) is 7.95. The van der Waals surface area contributed by atoms with E-state index in [0.29, 0.717) is 4.88 Å². The number of rotatable bonds is 4. The molecule has 0 bridgehead atoms. The molecule has 0 aliphatic carbocycles. The van der Waals surface area contributed by atoms with Gasteiger partial charge in [-0.3, -0.25) is 0 Å². The number of thiophene rings is 1. The van der Waals surface area contributed by atoms with Gasteiger partial charge >= 0.3 is 5.97 Å². The Kier molecular flexibility index (Phi) is 3.96. The molecule has 1 aromatic rings. The summed E-state index contributed by atoms with van der Waals surface area (Å²) in [5.41, 5.74) is 0. The van der Waals surface area contributed by atoms with E-state index in [0.717, 1.165) is 12.8 Å². The zero-order chi connectivity index (χ0) is 9.68. The molecule has 0 fully saturated rings. The van der Waals surface area contributed by atoms with E-state index >= 15 is 0 Å². The Morgan fingerprint density at radius 1 is 1.54 bits per heavy atom. The van der Waals surface area contributed by atoms with Crippen molar-refractivity contribution in [3.63, 3.8) is 0 Å². The van der Waals surface area contributed by atoms with Crippen LogP contribution in [0.5, 0.6) is 0 Å². The molecule has 0 N–H and O–H groups in total. The van der Waals surface area contributed by atoms with Crippen LogP contribution in [-0.2, 0) is 4.74 Å². The van der Waals surface area contributed by atoms with E-state index in [9.17, 15) is 4.79 Å². The van der Waals surface area contributed by atoms with Crippen molar-refractivity contribution >= 4 is 17.3 Å². The first kappa shape index (κ1) is 10.3. The maximum atomic E-state index is 11.4. The lowest BCUT2D eigenvalue weighted by Crippen LogP contribution is -2.15. The van der Waals surface area contributed by atoms with Crippen molar-refractivity contribution < 1.29 is 9.53 Å². The van der Waals surface area contributed by atoms with Crippen molar-refractivity contribution in [3.05, 3.63) is 22.4 Å². The van der Waals surface area contributed by atoms with Gasteiger partial charge in [0.2, 0.25) is 0 Å². The van der Waals surface area contributed by atoms with Crippen molar-refractivity contribution in [2.75, 3.05) is 0 Å². The van der Waals surface area contributed by atoms with Gasteiger partial charge in [0.25, 0.3) is 0 Å². The van der Waals surface area contributed by atoms with E-state index in [4.69, 9.17) is 4.74 Å². The summed E-state index contributed by atoms with van der Waals surface area (Å²) in [7, 11) is 0. The molecular weight excluding hydrogens is 184 g/mol. The van der Waals surface area contributed by atoms with Gasteiger partial charge in [0.15, 0.2) is 0 Å². The molecule has 1 rings (SSSR count). The number of hydrogen-bond donors (Lipinski definition) is 0. The predicted octanol–water partition coefficient (Wildman–Crippen LogP) is 3.09. The van der Waals surface area contributed by atoms with Gasteiger partial charge in [-0.1, -0.05) is 19.9 Å². The quantitative estimate of drug-likeness (QED) is 0.695. The third-order valence-electron chi connectivity index (χ3n) is 1.91. The molecule has 13 heavy (non-hydrogen) atoms. The molecule has 0 aliphatic heterocycles. The van der Waals surface area contributed by atoms with Crippen molar-refractivity contribution in [1.82, 2.24) is 0 Å².